The lowest BCUT2D eigenvalue weighted by Crippen LogP contribution is -2.56. The molecule has 2 heterocycles. The maximum Gasteiger partial charge on any atom is 0.409 e. The molecule has 0 spiro atoms. The van der Waals surface area contributed by atoms with E-state index in [0.717, 1.165) is 5.56 Å². The fourth-order valence-electron chi connectivity index (χ4n) is 4.75. The van der Waals surface area contributed by atoms with Gasteiger partial charge >= 0.3 is 12.1 Å². The molecular formula is C34H41N5O7. The van der Waals surface area contributed by atoms with E-state index in [9.17, 15) is 19.2 Å². The van der Waals surface area contributed by atoms with Crippen LogP contribution in [-0.2, 0) is 25.7 Å². The Labute approximate surface area is 269 Å². The molecule has 46 heavy (non-hydrogen) atoms. The van der Waals surface area contributed by atoms with Gasteiger partial charge in [-0.25, -0.2) is 9.78 Å². The molecule has 1 fully saturated rings. The van der Waals surface area contributed by atoms with Gasteiger partial charge in [0, 0.05) is 44.2 Å². The standard InChI is InChI=1S/C34H41N5O7/c1-5-44-33(43)39-20-18-38(19-21-39)32(42)26(16-17-29(40)46-34(2,3)4)36-31(41)27-22-28(45-23-24-12-8-6-9-13-24)37-30(35-27)25-14-10-7-11-15-25/h6-15,22,26H,5,16-21,23H2,1-4H3,(H,36,41)/t26-/m0/s1. The zero-order valence-electron chi connectivity index (χ0n) is 26.7. The Hall–Kier alpha value is -5.00. The average Bonchev–Trinajstić information content (AvgIpc) is 3.05. The van der Waals surface area contributed by atoms with Crippen LogP contribution in [0.25, 0.3) is 11.4 Å². The Morgan fingerprint density at radius 2 is 1.52 bits per heavy atom. The van der Waals surface area contributed by atoms with Gasteiger partial charge in [0.2, 0.25) is 11.8 Å². The lowest BCUT2D eigenvalue weighted by Gasteiger charge is -2.36. The van der Waals surface area contributed by atoms with Crippen molar-refractivity contribution in [3.8, 4) is 17.3 Å². The van der Waals surface area contributed by atoms with Gasteiger partial charge in [0.1, 0.15) is 23.9 Å². The van der Waals surface area contributed by atoms with Gasteiger partial charge in [-0.3, -0.25) is 14.4 Å². The van der Waals surface area contributed by atoms with Gasteiger partial charge in [0.15, 0.2) is 5.82 Å². The molecule has 1 aromatic heterocycles. The predicted molar refractivity (Wildman–Crippen MR) is 170 cm³/mol. The van der Waals surface area contributed by atoms with Crippen molar-refractivity contribution in [3.05, 3.63) is 78.0 Å². The number of hydrogen-bond donors (Lipinski definition) is 1. The normalized spacial score (nSPS) is 13.8. The molecule has 244 valence electrons. The first-order valence-electron chi connectivity index (χ1n) is 15.4. The molecule has 0 bridgehead atoms. The van der Waals surface area contributed by atoms with E-state index < -0.39 is 29.6 Å². The Kier molecular flexibility index (Phi) is 11.7. The maximum atomic E-state index is 13.7. The van der Waals surface area contributed by atoms with E-state index in [1.807, 2.05) is 60.7 Å². The van der Waals surface area contributed by atoms with Crippen molar-refractivity contribution < 1.29 is 33.4 Å². The van der Waals surface area contributed by atoms with Crippen molar-refractivity contribution in [2.75, 3.05) is 32.8 Å². The highest BCUT2D eigenvalue weighted by Crippen LogP contribution is 2.21. The first kappa shape index (κ1) is 33.9. The fourth-order valence-corrected chi connectivity index (χ4v) is 4.75. The first-order valence-corrected chi connectivity index (χ1v) is 15.4. The number of carbonyl (C=O) groups excluding carboxylic acids is 4. The highest BCUT2D eigenvalue weighted by Gasteiger charge is 2.32. The molecule has 3 amide bonds. The van der Waals surface area contributed by atoms with Crippen LogP contribution in [0, 0.1) is 0 Å². The number of aromatic nitrogens is 2. The van der Waals surface area contributed by atoms with Crippen LogP contribution in [0.4, 0.5) is 4.79 Å². The molecule has 0 unspecified atom stereocenters. The highest BCUT2D eigenvalue weighted by molar-refractivity contribution is 5.96. The smallest absolute Gasteiger partial charge is 0.409 e. The molecule has 1 aliphatic heterocycles. The predicted octanol–water partition coefficient (Wildman–Crippen LogP) is 4.24. The molecule has 0 saturated carbocycles. The van der Waals surface area contributed by atoms with E-state index in [4.69, 9.17) is 14.2 Å². The quantitative estimate of drug-likeness (QED) is 0.308. The summed E-state index contributed by atoms with van der Waals surface area (Å²) in [5.74, 6) is -1.02. The summed E-state index contributed by atoms with van der Waals surface area (Å²) in [6.07, 6.45) is -0.528. The van der Waals surface area contributed by atoms with Gasteiger partial charge in [-0.2, -0.15) is 4.98 Å². The summed E-state index contributed by atoms with van der Waals surface area (Å²) in [5, 5.41) is 2.79. The number of hydrogen-bond acceptors (Lipinski definition) is 9. The minimum Gasteiger partial charge on any atom is -0.473 e. The van der Waals surface area contributed by atoms with Gasteiger partial charge in [0.05, 0.1) is 6.61 Å². The van der Waals surface area contributed by atoms with Crippen molar-refractivity contribution in [3.63, 3.8) is 0 Å². The molecule has 3 aromatic rings. The first-order chi connectivity index (χ1) is 22.0. The Morgan fingerprint density at radius 1 is 0.891 bits per heavy atom. The second-order valence-corrected chi connectivity index (χ2v) is 11.7. The van der Waals surface area contributed by atoms with Crippen LogP contribution >= 0.6 is 0 Å². The van der Waals surface area contributed by atoms with Gasteiger partial charge in [-0.05, 0) is 39.7 Å². The number of esters is 1. The van der Waals surface area contributed by atoms with Crippen LogP contribution in [0.2, 0.25) is 0 Å². The molecule has 1 N–H and O–H groups in total. The van der Waals surface area contributed by atoms with Gasteiger partial charge in [0.25, 0.3) is 5.91 Å². The number of piperazine rings is 1. The van der Waals surface area contributed by atoms with Gasteiger partial charge in [-0.1, -0.05) is 60.7 Å². The number of amides is 3. The van der Waals surface area contributed by atoms with E-state index in [-0.39, 0.29) is 75.5 Å². The second-order valence-electron chi connectivity index (χ2n) is 11.7. The van der Waals surface area contributed by atoms with Crippen molar-refractivity contribution in [1.82, 2.24) is 25.1 Å². The largest absolute Gasteiger partial charge is 0.473 e. The number of carbonyl (C=O) groups is 4. The number of nitrogens with zero attached hydrogens (tertiary/aromatic N) is 4. The Morgan fingerprint density at radius 3 is 2.15 bits per heavy atom. The topological polar surface area (TPSA) is 140 Å². The summed E-state index contributed by atoms with van der Waals surface area (Å²) in [6.45, 7) is 8.55. The average molecular weight is 632 g/mol. The molecule has 0 aliphatic carbocycles. The van der Waals surface area contributed by atoms with Crippen LogP contribution in [0.3, 0.4) is 0 Å². The lowest BCUT2D eigenvalue weighted by atomic mass is 10.1. The minimum atomic E-state index is -1.06. The van der Waals surface area contributed by atoms with Crippen molar-refractivity contribution in [2.24, 2.45) is 0 Å². The van der Waals surface area contributed by atoms with E-state index in [0.29, 0.717) is 5.56 Å². The van der Waals surface area contributed by atoms with E-state index in [1.54, 1.807) is 32.6 Å². The van der Waals surface area contributed by atoms with Crippen LogP contribution in [0.15, 0.2) is 66.7 Å². The van der Waals surface area contributed by atoms with Gasteiger partial charge in [-0.15, -0.1) is 0 Å². The van der Waals surface area contributed by atoms with Crippen molar-refractivity contribution >= 4 is 23.9 Å². The summed E-state index contributed by atoms with van der Waals surface area (Å²) in [6, 6.07) is 19.1. The SMILES string of the molecule is CCOC(=O)N1CCN(C(=O)[C@H](CCC(=O)OC(C)(C)C)NC(=O)c2cc(OCc3ccccc3)nc(-c3ccccc3)n2)CC1. The number of rotatable bonds is 11. The van der Waals surface area contributed by atoms with Crippen LogP contribution in [-0.4, -0.2) is 88.1 Å². The third-order valence-electron chi connectivity index (χ3n) is 6.97. The fraction of sp³-hybridized carbons (Fsp3) is 0.412. The molecule has 2 aromatic carbocycles. The summed E-state index contributed by atoms with van der Waals surface area (Å²) >= 11 is 0. The number of ether oxygens (including phenoxy) is 3. The zero-order chi connectivity index (χ0) is 33.1. The minimum absolute atomic E-state index is 0.000821. The van der Waals surface area contributed by atoms with Crippen LogP contribution < -0.4 is 10.1 Å². The Bertz CT molecular complexity index is 1490. The van der Waals surface area contributed by atoms with Crippen molar-refractivity contribution in [2.45, 2.75) is 58.8 Å². The summed E-state index contributed by atoms with van der Waals surface area (Å²) < 4.78 is 16.5. The van der Waals surface area contributed by atoms with E-state index in [2.05, 4.69) is 15.3 Å². The molecule has 4 rings (SSSR count). The maximum absolute atomic E-state index is 13.7. The summed E-state index contributed by atoms with van der Waals surface area (Å²) in [7, 11) is 0. The Balaban J connectivity index is 1.55. The molecular weight excluding hydrogens is 590 g/mol. The lowest BCUT2D eigenvalue weighted by molar-refractivity contribution is -0.155. The van der Waals surface area contributed by atoms with Crippen LogP contribution in [0.1, 0.15) is 56.6 Å². The van der Waals surface area contributed by atoms with Gasteiger partial charge < -0.3 is 29.3 Å². The molecule has 0 radical (unpaired) electrons. The third-order valence-corrected chi connectivity index (χ3v) is 6.97. The molecule has 1 atom stereocenters. The van der Waals surface area contributed by atoms with E-state index in [1.165, 1.54) is 11.0 Å². The molecule has 12 heteroatoms. The molecule has 1 saturated heterocycles. The summed E-state index contributed by atoms with van der Waals surface area (Å²) in [4.78, 5) is 64.3. The third kappa shape index (κ3) is 10.0. The number of benzene rings is 2. The molecule has 12 nitrogen and oxygen atoms in total. The summed E-state index contributed by atoms with van der Waals surface area (Å²) in [5.41, 5.74) is 0.899. The molecule has 1 aliphatic rings. The second kappa shape index (κ2) is 15.8. The monoisotopic (exact) mass is 631 g/mol. The van der Waals surface area contributed by atoms with E-state index >= 15 is 0 Å². The highest BCUT2D eigenvalue weighted by atomic mass is 16.6. The zero-order valence-corrected chi connectivity index (χ0v) is 26.7. The van der Waals surface area contributed by atoms with Crippen molar-refractivity contribution in [1.29, 1.82) is 0 Å². The number of nitrogens with one attached hydrogen (secondary N) is 1. The van der Waals surface area contributed by atoms with Crippen LogP contribution in [0.5, 0.6) is 5.88 Å².